The highest BCUT2D eigenvalue weighted by Gasteiger charge is 2.17. The lowest BCUT2D eigenvalue weighted by molar-refractivity contribution is -0.118. The summed E-state index contributed by atoms with van der Waals surface area (Å²) in [6.07, 6.45) is 3.27. The summed E-state index contributed by atoms with van der Waals surface area (Å²) in [6, 6.07) is 17.6. The van der Waals surface area contributed by atoms with Gasteiger partial charge in [0.1, 0.15) is 5.75 Å². The fourth-order valence-corrected chi connectivity index (χ4v) is 3.69. The summed E-state index contributed by atoms with van der Waals surface area (Å²) in [5.41, 5.74) is 1.85. The number of methoxy groups -OCH3 is 1. The van der Waals surface area contributed by atoms with Crippen LogP contribution in [-0.2, 0) is 4.79 Å². The maximum absolute atomic E-state index is 12.2. The molecule has 1 amide bonds. The second-order valence-electron chi connectivity index (χ2n) is 6.55. The van der Waals surface area contributed by atoms with Crippen LogP contribution in [0.5, 0.6) is 5.75 Å². The van der Waals surface area contributed by atoms with Gasteiger partial charge < -0.3 is 10.1 Å². The first-order valence-electron chi connectivity index (χ1n) is 9.77. The van der Waals surface area contributed by atoms with E-state index < -0.39 is 0 Å². The third-order valence-electron chi connectivity index (χ3n) is 4.41. The van der Waals surface area contributed by atoms with Crippen molar-refractivity contribution in [3.05, 3.63) is 54.6 Å². The van der Waals surface area contributed by atoms with E-state index in [4.69, 9.17) is 4.74 Å². The zero-order valence-corrected chi connectivity index (χ0v) is 17.6. The predicted molar refractivity (Wildman–Crippen MR) is 117 cm³/mol. The third-order valence-corrected chi connectivity index (χ3v) is 5.34. The lowest BCUT2D eigenvalue weighted by Crippen LogP contribution is -2.26. The maximum atomic E-state index is 12.2. The number of carbonyl (C=O) groups is 1. The summed E-state index contributed by atoms with van der Waals surface area (Å²) in [6.45, 7) is 2.86. The average Bonchev–Trinajstić information content (AvgIpc) is 3.20. The Balaban J connectivity index is 1.82. The predicted octanol–water partition coefficient (Wildman–Crippen LogP) is 4.34. The van der Waals surface area contributed by atoms with Crippen LogP contribution in [0, 0.1) is 0 Å². The van der Waals surface area contributed by atoms with Crippen LogP contribution in [0.2, 0.25) is 0 Å². The Morgan fingerprint density at radius 3 is 2.69 bits per heavy atom. The molecule has 0 aliphatic heterocycles. The summed E-state index contributed by atoms with van der Waals surface area (Å²) >= 11 is 1.39. The summed E-state index contributed by atoms with van der Waals surface area (Å²) in [5, 5.41) is 12.4. The monoisotopic (exact) mass is 410 g/mol. The molecule has 0 spiro atoms. The van der Waals surface area contributed by atoms with Gasteiger partial charge in [-0.05, 0) is 30.7 Å². The molecule has 0 fully saturated rings. The lowest BCUT2D eigenvalue weighted by Gasteiger charge is -2.11. The van der Waals surface area contributed by atoms with Crippen molar-refractivity contribution in [1.82, 2.24) is 20.1 Å². The van der Waals surface area contributed by atoms with Gasteiger partial charge in [0.15, 0.2) is 11.0 Å². The first kappa shape index (κ1) is 20.9. The van der Waals surface area contributed by atoms with Crippen molar-refractivity contribution in [2.24, 2.45) is 0 Å². The molecule has 0 saturated carbocycles. The SMILES string of the molecule is CCCCCNC(=O)CSc1nnc(-c2cccc(OC)c2)n1-c1ccccc1. The minimum absolute atomic E-state index is 0.0108. The molecule has 0 bridgehead atoms. The third kappa shape index (κ3) is 5.60. The van der Waals surface area contributed by atoms with Gasteiger partial charge in [0.2, 0.25) is 5.91 Å². The fourth-order valence-electron chi connectivity index (χ4n) is 2.91. The Bertz CT molecular complexity index is 928. The van der Waals surface area contributed by atoms with Gasteiger partial charge in [-0.3, -0.25) is 9.36 Å². The second-order valence-corrected chi connectivity index (χ2v) is 7.50. The Kier molecular flexibility index (Phi) is 7.69. The van der Waals surface area contributed by atoms with E-state index in [0.717, 1.165) is 36.3 Å². The van der Waals surface area contributed by atoms with E-state index in [1.54, 1.807) is 7.11 Å². The highest BCUT2D eigenvalue weighted by atomic mass is 32.2. The van der Waals surface area contributed by atoms with Crippen molar-refractivity contribution in [2.75, 3.05) is 19.4 Å². The van der Waals surface area contributed by atoms with Gasteiger partial charge in [0, 0.05) is 17.8 Å². The number of rotatable bonds is 10. The minimum Gasteiger partial charge on any atom is -0.497 e. The number of aromatic nitrogens is 3. The molecule has 6 nitrogen and oxygen atoms in total. The van der Waals surface area contributed by atoms with E-state index in [1.807, 2.05) is 59.2 Å². The topological polar surface area (TPSA) is 69.0 Å². The number of ether oxygens (including phenoxy) is 1. The van der Waals surface area contributed by atoms with Crippen LogP contribution < -0.4 is 10.1 Å². The number of nitrogens with one attached hydrogen (secondary N) is 1. The van der Waals surface area contributed by atoms with Crippen LogP contribution in [0.1, 0.15) is 26.2 Å². The zero-order valence-electron chi connectivity index (χ0n) is 16.8. The zero-order chi connectivity index (χ0) is 20.5. The van der Waals surface area contributed by atoms with E-state index in [-0.39, 0.29) is 5.91 Å². The van der Waals surface area contributed by atoms with E-state index in [9.17, 15) is 4.79 Å². The van der Waals surface area contributed by atoms with E-state index in [1.165, 1.54) is 11.8 Å². The van der Waals surface area contributed by atoms with Gasteiger partial charge in [0.05, 0.1) is 12.9 Å². The van der Waals surface area contributed by atoms with Gasteiger partial charge in [-0.25, -0.2) is 0 Å². The molecule has 0 atom stereocenters. The average molecular weight is 411 g/mol. The normalized spacial score (nSPS) is 10.7. The van der Waals surface area contributed by atoms with Crippen LogP contribution in [0.25, 0.3) is 17.1 Å². The van der Waals surface area contributed by atoms with Crippen molar-refractivity contribution in [2.45, 2.75) is 31.3 Å². The molecule has 7 heteroatoms. The number of carbonyl (C=O) groups excluding carboxylic acids is 1. The van der Waals surface area contributed by atoms with E-state index in [2.05, 4.69) is 22.4 Å². The smallest absolute Gasteiger partial charge is 0.230 e. The molecule has 0 saturated heterocycles. The van der Waals surface area contributed by atoms with Gasteiger partial charge in [0.25, 0.3) is 0 Å². The highest BCUT2D eigenvalue weighted by Crippen LogP contribution is 2.29. The summed E-state index contributed by atoms with van der Waals surface area (Å²) < 4.78 is 7.32. The van der Waals surface area contributed by atoms with Crippen LogP contribution in [0.3, 0.4) is 0 Å². The van der Waals surface area contributed by atoms with Crippen molar-refractivity contribution in [3.63, 3.8) is 0 Å². The standard InChI is InChI=1S/C22H26N4O2S/c1-3-4-8-14-23-20(27)16-29-22-25-24-21(17-10-9-13-19(15-17)28-2)26(22)18-11-6-5-7-12-18/h5-7,9-13,15H,3-4,8,14,16H2,1-2H3,(H,23,27). The van der Waals surface area contributed by atoms with Crippen LogP contribution >= 0.6 is 11.8 Å². The van der Waals surface area contributed by atoms with Crippen LogP contribution in [-0.4, -0.2) is 40.1 Å². The molecular formula is C22H26N4O2S. The summed E-state index contributed by atoms with van der Waals surface area (Å²) in [5.74, 6) is 1.78. The van der Waals surface area contributed by atoms with Crippen LogP contribution in [0.4, 0.5) is 0 Å². The molecule has 1 aromatic heterocycles. The van der Waals surface area contributed by atoms with Gasteiger partial charge >= 0.3 is 0 Å². The molecular weight excluding hydrogens is 384 g/mol. The number of benzene rings is 2. The Morgan fingerprint density at radius 1 is 1.10 bits per heavy atom. The Hall–Kier alpha value is -2.80. The fraction of sp³-hybridized carbons (Fsp3) is 0.318. The van der Waals surface area contributed by atoms with Crippen molar-refractivity contribution >= 4 is 17.7 Å². The summed E-state index contributed by atoms with van der Waals surface area (Å²) in [4.78, 5) is 12.2. The van der Waals surface area contributed by atoms with E-state index in [0.29, 0.717) is 23.3 Å². The van der Waals surface area contributed by atoms with Crippen molar-refractivity contribution in [1.29, 1.82) is 0 Å². The summed E-state index contributed by atoms with van der Waals surface area (Å²) in [7, 11) is 1.64. The number of nitrogens with zero attached hydrogens (tertiary/aromatic N) is 3. The lowest BCUT2D eigenvalue weighted by atomic mass is 10.2. The number of hydrogen-bond donors (Lipinski definition) is 1. The first-order valence-corrected chi connectivity index (χ1v) is 10.8. The molecule has 2 aromatic carbocycles. The molecule has 3 rings (SSSR count). The second kappa shape index (κ2) is 10.7. The van der Waals surface area contributed by atoms with Crippen LogP contribution in [0.15, 0.2) is 59.8 Å². The molecule has 0 aliphatic carbocycles. The molecule has 152 valence electrons. The minimum atomic E-state index is 0.0108. The number of hydrogen-bond acceptors (Lipinski definition) is 5. The highest BCUT2D eigenvalue weighted by molar-refractivity contribution is 7.99. The first-order chi connectivity index (χ1) is 14.2. The molecule has 3 aromatic rings. The Morgan fingerprint density at radius 2 is 1.93 bits per heavy atom. The van der Waals surface area contributed by atoms with Gasteiger partial charge in [-0.15, -0.1) is 10.2 Å². The molecule has 1 heterocycles. The number of amides is 1. The van der Waals surface area contributed by atoms with Gasteiger partial charge in [-0.2, -0.15) is 0 Å². The molecule has 1 N–H and O–H groups in total. The molecule has 0 aliphatic rings. The van der Waals surface area contributed by atoms with Crippen molar-refractivity contribution < 1.29 is 9.53 Å². The molecule has 29 heavy (non-hydrogen) atoms. The number of thioether (sulfide) groups is 1. The molecule has 0 radical (unpaired) electrons. The van der Waals surface area contributed by atoms with E-state index >= 15 is 0 Å². The van der Waals surface area contributed by atoms with Gasteiger partial charge in [-0.1, -0.05) is 61.9 Å². The Labute approximate surface area is 175 Å². The number of para-hydroxylation sites is 1. The maximum Gasteiger partial charge on any atom is 0.230 e. The molecule has 0 unspecified atom stereocenters. The quantitative estimate of drug-likeness (QED) is 0.398. The largest absolute Gasteiger partial charge is 0.497 e. The number of unbranched alkanes of at least 4 members (excludes halogenated alkanes) is 2. The van der Waals surface area contributed by atoms with Crippen molar-refractivity contribution in [3.8, 4) is 22.8 Å².